The van der Waals surface area contributed by atoms with E-state index < -0.39 is 195 Å². The van der Waals surface area contributed by atoms with Crippen LogP contribution >= 0.6 is 0 Å². The van der Waals surface area contributed by atoms with Gasteiger partial charge in [0.25, 0.3) is 0 Å². The third-order valence-corrected chi connectivity index (χ3v) is 11.3. The lowest BCUT2D eigenvalue weighted by Gasteiger charge is -2.46. The molecule has 0 unspecified atom stereocenters. The van der Waals surface area contributed by atoms with Gasteiger partial charge in [0.2, 0.25) is 0 Å². The van der Waals surface area contributed by atoms with Crippen LogP contribution in [-0.4, -0.2) is 6.15 Å². The monoisotopic (exact) mass is 1090 g/mol. The summed E-state index contributed by atoms with van der Waals surface area (Å²) in [5.41, 5.74) is -27.3. The summed E-state index contributed by atoms with van der Waals surface area (Å²) in [6, 6.07) is 8.20. The van der Waals surface area contributed by atoms with E-state index in [0.29, 0.717) is 0 Å². The van der Waals surface area contributed by atoms with Gasteiger partial charge in [0.05, 0.1) is 44.5 Å². The first kappa shape index (κ1) is 58.5. The summed E-state index contributed by atoms with van der Waals surface area (Å²) in [5, 5.41) is 0. The van der Waals surface area contributed by atoms with E-state index in [-0.39, 0.29) is 5.41 Å². The number of pyridine rings is 1. The van der Waals surface area contributed by atoms with Crippen LogP contribution in [0.1, 0.15) is 76.5 Å². The molecule has 0 aliphatic heterocycles. The highest BCUT2D eigenvalue weighted by Crippen LogP contribution is 2.41. The summed E-state index contributed by atoms with van der Waals surface area (Å²) in [5.74, 6) is 0. The van der Waals surface area contributed by atoms with Gasteiger partial charge in [-0.15, -0.1) is 0 Å². The van der Waals surface area contributed by atoms with Crippen molar-refractivity contribution in [1.82, 2.24) is 0 Å². The molecule has 0 atom stereocenters. The molecule has 26 heteroatoms. The van der Waals surface area contributed by atoms with Crippen molar-refractivity contribution < 1.29 is 110 Å². The first-order valence-corrected chi connectivity index (χ1v) is 20.7. The molecule has 1 heterocycles. The second kappa shape index (κ2) is 19.7. The second-order valence-electron chi connectivity index (χ2n) is 17.7. The van der Waals surface area contributed by atoms with Crippen LogP contribution in [0.25, 0.3) is 0 Å². The van der Waals surface area contributed by atoms with E-state index >= 15 is 0 Å². The number of benzene rings is 5. The normalized spacial score (nSPS) is 13.7. The zero-order chi connectivity index (χ0) is 56.2. The van der Waals surface area contributed by atoms with E-state index in [0.717, 1.165) is 6.54 Å². The zero-order valence-corrected chi connectivity index (χ0v) is 37.4. The number of hydrogen-bond acceptors (Lipinski definition) is 0. The zero-order valence-electron chi connectivity index (χ0n) is 37.4. The molecule has 0 spiro atoms. The van der Waals surface area contributed by atoms with Crippen molar-refractivity contribution in [3.63, 3.8) is 0 Å². The van der Waals surface area contributed by atoms with Crippen molar-refractivity contribution in [2.45, 2.75) is 82.1 Å². The van der Waals surface area contributed by atoms with Gasteiger partial charge in [-0.25, -0.2) is 0 Å². The molecule has 0 aliphatic carbocycles. The Labute approximate surface area is 403 Å². The van der Waals surface area contributed by atoms with Gasteiger partial charge in [-0.2, -0.15) is 132 Å². The predicted molar refractivity (Wildman–Crippen MR) is 221 cm³/mol. The van der Waals surface area contributed by atoms with Crippen LogP contribution in [0.15, 0.2) is 128 Å². The second-order valence-corrected chi connectivity index (χ2v) is 17.7. The van der Waals surface area contributed by atoms with Gasteiger partial charge >= 0.3 is 49.4 Å². The molecule has 0 bridgehead atoms. The van der Waals surface area contributed by atoms with Crippen LogP contribution in [0.4, 0.5) is 105 Å². The molecule has 0 aliphatic rings. The van der Waals surface area contributed by atoms with Crippen LogP contribution in [-0.2, 0) is 61.4 Å². The van der Waals surface area contributed by atoms with Gasteiger partial charge < -0.3 is 0 Å². The molecule has 5 aromatic carbocycles. The number of nitrogens with zero attached hydrogens (tertiary/aromatic N) is 1. The number of halogens is 24. The quantitative estimate of drug-likeness (QED) is 0.0889. The summed E-state index contributed by atoms with van der Waals surface area (Å²) in [6.45, 7) is 7.70. The van der Waals surface area contributed by atoms with Crippen LogP contribution in [0.5, 0.6) is 0 Å². The van der Waals surface area contributed by atoms with Crippen molar-refractivity contribution in [2.75, 3.05) is 0 Å². The summed E-state index contributed by atoms with van der Waals surface area (Å²) < 4.78 is 343. The number of hydrogen-bond donors (Lipinski definition) is 0. The van der Waals surface area contributed by atoms with Crippen molar-refractivity contribution >= 4 is 28.0 Å². The van der Waals surface area contributed by atoms with Gasteiger partial charge in [0.1, 0.15) is 6.15 Å². The minimum Gasteiger partial charge on any atom is -0.198 e. The number of aromatic nitrogens is 1. The Kier molecular flexibility index (Phi) is 15.6. The smallest absolute Gasteiger partial charge is 0.198 e. The molecular formula is C48H32BF24N. The Morgan fingerprint density at radius 1 is 0.311 bits per heavy atom. The third kappa shape index (κ3) is 13.5. The summed E-state index contributed by atoms with van der Waals surface area (Å²) in [4.78, 5) is 0. The Morgan fingerprint density at radius 2 is 0.541 bits per heavy atom. The average Bonchev–Trinajstić information content (AvgIpc) is 3.24. The van der Waals surface area contributed by atoms with E-state index in [9.17, 15) is 105 Å². The molecular weight excluding hydrogens is 1060 g/mol. The van der Waals surface area contributed by atoms with E-state index in [4.69, 9.17) is 0 Å². The molecule has 0 amide bonds. The lowest BCUT2D eigenvalue weighted by molar-refractivity contribution is -0.698. The first-order valence-electron chi connectivity index (χ1n) is 20.7. The average molecular weight is 1090 g/mol. The predicted octanol–water partition coefficient (Wildman–Crippen LogP) is 14.5. The van der Waals surface area contributed by atoms with Crippen LogP contribution in [0.2, 0.25) is 0 Å². The van der Waals surface area contributed by atoms with Crippen molar-refractivity contribution in [3.8, 4) is 0 Å². The molecule has 1 aromatic heterocycles. The first-order chi connectivity index (χ1) is 33.3. The Bertz CT molecular complexity index is 2510. The summed E-state index contributed by atoms with van der Waals surface area (Å²) in [7, 11) is 0. The Morgan fingerprint density at radius 3 is 0.757 bits per heavy atom. The van der Waals surface area contributed by atoms with Crippen molar-refractivity contribution in [1.29, 1.82) is 0 Å². The fraction of sp³-hybridized carbons (Fsp3) is 0.271. The molecule has 1 nitrogen and oxygen atoms in total. The fourth-order valence-corrected chi connectivity index (χ4v) is 8.15. The van der Waals surface area contributed by atoms with E-state index in [2.05, 4.69) is 80.1 Å². The van der Waals surface area contributed by atoms with Gasteiger partial charge in [0.15, 0.2) is 18.4 Å². The van der Waals surface area contributed by atoms with Gasteiger partial charge in [0, 0.05) is 23.1 Å². The van der Waals surface area contributed by atoms with E-state index in [1.165, 1.54) is 11.3 Å². The molecule has 6 rings (SSSR count). The lowest BCUT2D eigenvalue weighted by Crippen LogP contribution is -2.75. The van der Waals surface area contributed by atoms with E-state index in [1.807, 2.05) is 0 Å². The number of alkyl halides is 24. The molecule has 6 aromatic rings. The summed E-state index contributed by atoms with van der Waals surface area (Å²) in [6.07, 6.45) is -52.6. The SMILES string of the molecule is CC(C)(C)c1cccc[n+]1Cc1ccccc1.FC(F)(F)c1cc([B-](c2cc(C(F)(F)F)cc(C(F)(F)F)c2)(c2cc(C(F)(F)F)cc(C(F)(F)F)c2)c2cc(C(F)(F)F)cc(C(F)(F)F)c2)cc(C(F)(F)F)c1. The highest BCUT2D eigenvalue weighted by Gasteiger charge is 2.47. The molecule has 400 valence electrons. The molecule has 74 heavy (non-hydrogen) atoms. The Balaban J connectivity index is 0.000000500. The fourth-order valence-electron chi connectivity index (χ4n) is 8.15. The minimum absolute atomic E-state index is 0.177. The minimum atomic E-state index is -6.13. The summed E-state index contributed by atoms with van der Waals surface area (Å²) >= 11 is 0. The molecule has 0 saturated heterocycles. The van der Waals surface area contributed by atoms with Gasteiger partial charge in [-0.05, 0) is 24.3 Å². The van der Waals surface area contributed by atoms with Crippen molar-refractivity contribution in [3.05, 3.63) is 183 Å². The molecule has 0 radical (unpaired) electrons. The van der Waals surface area contributed by atoms with Gasteiger partial charge in [-0.3, -0.25) is 0 Å². The topological polar surface area (TPSA) is 3.88 Å². The highest BCUT2D eigenvalue weighted by molar-refractivity contribution is 7.20. The van der Waals surface area contributed by atoms with Crippen LogP contribution in [0.3, 0.4) is 0 Å². The maximum atomic E-state index is 14.2. The van der Waals surface area contributed by atoms with Crippen LogP contribution < -0.4 is 26.4 Å². The largest absolute Gasteiger partial charge is 0.416 e. The molecule has 0 N–H and O–H groups in total. The number of rotatable bonds is 6. The third-order valence-electron chi connectivity index (χ3n) is 11.3. The molecule has 0 saturated carbocycles. The van der Waals surface area contributed by atoms with Crippen LogP contribution in [0, 0.1) is 0 Å². The Hall–Kier alpha value is -6.37. The van der Waals surface area contributed by atoms with Crippen molar-refractivity contribution in [2.24, 2.45) is 0 Å². The maximum absolute atomic E-state index is 14.2. The van der Waals surface area contributed by atoms with E-state index in [1.54, 1.807) is 0 Å². The van der Waals surface area contributed by atoms with Gasteiger partial charge in [-0.1, -0.05) is 106 Å². The lowest BCUT2D eigenvalue weighted by atomic mass is 9.12. The standard InChI is InChI=1S/C32H12BF24.C16H20N/c34-25(35,36)13-1-14(26(37,38)39)6-21(5-13)33(22-7-15(27(40,41)42)2-16(8-22)28(43,44)45,23-9-17(29(46,47)48)3-18(10-23)30(49,50)51)24-11-19(31(52,53)54)4-20(12-24)32(55,56)57;1-16(2,3)15-11-7-8-12-17(15)13-14-9-5-4-6-10-14/h1-12H;4-12H,13H2,1-3H3/q-1;+1. The maximum Gasteiger partial charge on any atom is 0.416 e. The highest BCUT2D eigenvalue weighted by atomic mass is 19.4. The molecule has 0 fully saturated rings.